The molecule has 1 aromatic carbocycles. The molecule has 6 nitrogen and oxygen atoms in total. The number of methoxy groups -OCH3 is 1. The van der Waals surface area contributed by atoms with Crippen molar-refractivity contribution < 1.29 is 14.3 Å². The van der Waals surface area contributed by atoms with Gasteiger partial charge in [0.15, 0.2) is 0 Å². The van der Waals surface area contributed by atoms with Crippen molar-refractivity contribution in [2.24, 2.45) is 17.8 Å². The third-order valence-corrected chi connectivity index (χ3v) is 5.59. The first-order valence-electron chi connectivity index (χ1n) is 8.62. The summed E-state index contributed by atoms with van der Waals surface area (Å²) >= 11 is 0. The second kappa shape index (κ2) is 7.22. The third kappa shape index (κ3) is 3.20. The van der Waals surface area contributed by atoms with Gasteiger partial charge in [0.1, 0.15) is 5.75 Å². The summed E-state index contributed by atoms with van der Waals surface area (Å²) in [7, 11) is 1.57. The molecule has 2 amide bonds. The molecule has 3 fully saturated rings. The number of amides is 2. The van der Waals surface area contributed by atoms with Gasteiger partial charge < -0.3 is 19.9 Å². The number of nitrogens with one attached hydrogen (secondary N) is 1. The van der Waals surface area contributed by atoms with Gasteiger partial charge in [-0.3, -0.25) is 9.59 Å². The first-order valence-corrected chi connectivity index (χ1v) is 8.62. The Morgan fingerprint density at radius 2 is 1.64 bits per heavy atom. The third-order valence-electron chi connectivity index (χ3n) is 5.59. The minimum absolute atomic E-state index is 0. The maximum Gasteiger partial charge on any atom is 0.257 e. The SMILES string of the molecule is COc1ccccc1C(=O)N1CCN(C(=O)C2[C@H]3CNC[C@@H]23)CC1.Cl. The lowest BCUT2D eigenvalue weighted by molar-refractivity contribution is -0.134. The fraction of sp³-hybridized carbons (Fsp3) is 0.556. The predicted molar refractivity (Wildman–Crippen MR) is 96.1 cm³/mol. The molecule has 1 saturated carbocycles. The molecule has 0 radical (unpaired) electrons. The van der Waals surface area contributed by atoms with Crippen molar-refractivity contribution >= 4 is 24.2 Å². The van der Waals surface area contributed by atoms with E-state index in [1.807, 2.05) is 21.9 Å². The zero-order valence-corrected chi connectivity index (χ0v) is 15.1. The summed E-state index contributed by atoms with van der Waals surface area (Å²) < 4.78 is 5.28. The van der Waals surface area contributed by atoms with Crippen molar-refractivity contribution in [1.29, 1.82) is 0 Å². The summed E-state index contributed by atoms with van der Waals surface area (Å²) in [6.45, 7) is 4.39. The molecule has 136 valence electrons. The van der Waals surface area contributed by atoms with Crippen molar-refractivity contribution in [3.63, 3.8) is 0 Å². The molecule has 25 heavy (non-hydrogen) atoms. The molecule has 7 heteroatoms. The number of carbonyl (C=O) groups is 2. The highest BCUT2D eigenvalue weighted by Crippen LogP contribution is 2.49. The van der Waals surface area contributed by atoms with E-state index in [0.29, 0.717) is 49.3 Å². The monoisotopic (exact) mass is 365 g/mol. The molecule has 1 N–H and O–H groups in total. The van der Waals surface area contributed by atoms with Crippen molar-refractivity contribution in [3.05, 3.63) is 29.8 Å². The van der Waals surface area contributed by atoms with Crippen LogP contribution in [-0.4, -0.2) is 68.0 Å². The van der Waals surface area contributed by atoms with Gasteiger partial charge in [0.2, 0.25) is 5.91 Å². The largest absolute Gasteiger partial charge is 0.496 e. The quantitative estimate of drug-likeness (QED) is 0.863. The van der Waals surface area contributed by atoms with Crippen LogP contribution in [0.1, 0.15) is 10.4 Å². The Morgan fingerprint density at radius 3 is 2.28 bits per heavy atom. The molecule has 4 rings (SSSR count). The van der Waals surface area contributed by atoms with Crippen molar-refractivity contribution in [2.45, 2.75) is 0 Å². The highest BCUT2D eigenvalue weighted by atomic mass is 35.5. The molecule has 3 aliphatic rings. The van der Waals surface area contributed by atoms with Gasteiger partial charge in [0.05, 0.1) is 12.7 Å². The highest BCUT2D eigenvalue weighted by Gasteiger charge is 2.57. The Kier molecular flexibility index (Phi) is 5.20. The number of para-hydroxylation sites is 1. The van der Waals surface area contributed by atoms with E-state index in [2.05, 4.69) is 5.32 Å². The summed E-state index contributed by atoms with van der Waals surface area (Å²) in [5.41, 5.74) is 0.586. The van der Waals surface area contributed by atoms with E-state index >= 15 is 0 Å². The van der Waals surface area contributed by atoms with Gasteiger partial charge in [0.25, 0.3) is 5.91 Å². The minimum Gasteiger partial charge on any atom is -0.496 e. The van der Waals surface area contributed by atoms with E-state index < -0.39 is 0 Å². The molecule has 0 spiro atoms. The zero-order valence-electron chi connectivity index (χ0n) is 14.3. The van der Waals surface area contributed by atoms with Crippen LogP contribution in [0.5, 0.6) is 5.75 Å². The lowest BCUT2D eigenvalue weighted by Gasteiger charge is -2.35. The summed E-state index contributed by atoms with van der Waals surface area (Å²) in [6, 6.07) is 7.28. The minimum atomic E-state index is -0.0213. The van der Waals surface area contributed by atoms with Crippen LogP contribution in [0.25, 0.3) is 0 Å². The Labute approximate surface area is 153 Å². The molecule has 2 heterocycles. The van der Waals surface area contributed by atoms with E-state index in [4.69, 9.17) is 4.74 Å². The Bertz CT molecular complexity index is 651. The van der Waals surface area contributed by atoms with Crippen LogP contribution in [0, 0.1) is 17.8 Å². The molecule has 0 bridgehead atoms. The average molecular weight is 366 g/mol. The van der Waals surface area contributed by atoms with Gasteiger partial charge in [-0.1, -0.05) is 12.1 Å². The number of piperidine rings is 1. The summed E-state index contributed by atoms with van der Waals surface area (Å²) in [5.74, 6) is 2.18. The van der Waals surface area contributed by atoms with Gasteiger partial charge in [-0.15, -0.1) is 12.4 Å². The number of benzene rings is 1. The first kappa shape index (κ1) is 18.0. The van der Waals surface area contributed by atoms with E-state index in [0.717, 1.165) is 13.1 Å². The number of ether oxygens (including phenoxy) is 1. The fourth-order valence-corrected chi connectivity index (χ4v) is 4.12. The maximum absolute atomic E-state index is 12.7. The average Bonchev–Trinajstić information content (AvgIpc) is 3.12. The van der Waals surface area contributed by atoms with E-state index in [1.54, 1.807) is 19.2 Å². The second-order valence-electron chi connectivity index (χ2n) is 6.83. The molecule has 3 atom stereocenters. The van der Waals surface area contributed by atoms with Gasteiger partial charge in [-0.05, 0) is 37.1 Å². The standard InChI is InChI=1S/C18H23N3O3.ClH/c1-24-15-5-3-2-4-12(15)17(22)20-6-8-21(9-7-20)18(23)16-13-10-19-11-14(13)16;/h2-5,13-14,16,19H,6-11H2,1H3;1H/t13-,14+,16?;. The zero-order chi connectivity index (χ0) is 16.7. The van der Waals surface area contributed by atoms with Gasteiger partial charge in [-0.2, -0.15) is 0 Å². The Balaban J connectivity index is 0.00000182. The lowest BCUT2D eigenvalue weighted by Crippen LogP contribution is -2.51. The molecular formula is C18H24ClN3O3. The highest BCUT2D eigenvalue weighted by molar-refractivity contribution is 5.97. The normalized spacial score (nSPS) is 27.3. The first-order chi connectivity index (χ1) is 11.7. The van der Waals surface area contributed by atoms with Crippen LogP contribution >= 0.6 is 12.4 Å². The van der Waals surface area contributed by atoms with Gasteiger partial charge in [-0.25, -0.2) is 0 Å². The summed E-state index contributed by atoms with van der Waals surface area (Å²) in [6.07, 6.45) is 0. The van der Waals surface area contributed by atoms with Crippen LogP contribution in [-0.2, 0) is 4.79 Å². The second-order valence-corrected chi connectivity index (χ2v) is 6.83. The number of nitrogens with zero attached hydrogens (tertiary/aromatic N) is 2. The van der Waals surface area contributed by atoms with Crippen molar-refractivity contribution in [1.82, 2.24) is 15.1 Å². The number of fused-ring (bicyclic) bond motifs is 1. The number of carbonyl (C=O) groups excluding carboxylic acids is 2. The molecule has 1 aromatic rings. The molecule has 2 aliphatic heterocycles. The van der Waals surface area contributed by atoms with Crippen LogP contribution in [0.15, 0.2) is 24.3 Å². The lowest BCUT2D eigenvalue weighted by atomic mass is 10.1. The van der Waals surface area contributed by atoms with Crippen LogP contribution in [0.2, 0.25) is 0 Å². The molecule has 1 aliphatic carbocycles. The Morgan fingerprint density at radius 1 is 1.04 bits per heavy atom. The summed E-state index contributed by atoms with van der Waals surface area (Å²) in [5, 5.41) is 3.33. The predicted octanol–water partition coefficient (Wildman–Crippen LogP) is 0.867. The van der Waals surface area contributed by atoms with E-state index in [9.17, 15) is 9.59 Å². The Hall–Kier alpha value is -1.79. The topological polar surface area (TPSA) is 61.9 Å². The van der Waals surface area contributed by atoms with Crippen LogP contribution in [0.4, 0.5) is 0 Å². The number of rotatable bonds is 3. The van der Waals surface area contributed by atoms with Crippen molar-refractivity contribution in [3.8, 4) is 5.75 Å². The summed E-state index contributed by atoms with van der Waals surface area (Å²) in [4.78, 5) is 29.0. The number of hydrogen-bond acceptors (Lipinski definition) is 4. The smallest absolute Gasteiger partial charge is 0.257 e. The molecule has 1 unspecified atom stereocenters. The van der Waals surface area contributed by atoms with Crippen LogP contribution in [0.3, 0.4) is 0 Å². The van der Waals surface area contributed by atoms with Gasteiger partial charge in [0, 0.05) is 32.1 Å². The van der Waals surface area contributed by atoms with Crippen LogP contribution < -0.4 is 10.1 Å². The number of halogens is 1. The molecule has 0 aromatic heterocycles. The van der Waals surface area contributed by atoms with E-state index in [-0.39, 0.29) is 30.1 Å². The molecular weight excluding hydrogens is 342 g/mol. The number of piperazine rings is 1. The van der Waals surface area contributed by atoms with Crippen molar-refractivity contribution in [2.75, 3.05) is 46.4 Å². The number of hydrogen-bond donors (Lipinski definition) is 1. The fourth-order valence-electron chi connectivity index (χ4n) is 4.12. The molecule has 2 saturated heterocycles. The van der Waals surface area contributed by atoms with Gasteiger partial charge >= 0.3 is 0 Å². The maximum atomic E-state index is 12.7. The van der Waals surface area contributed by atoms with E-state index in [1.165, 1.54) is 0 Å².